The summed E-state index contributed by atoms with van der Waals surface area (Å²) in [5, 5.41) is 12.6. The van der Waals surface area contributed by atoms with Crippen LogP contribution < -0.4 is 0 Å². The maximum atomic E-state index is 12.9. The molecule has 0 bridgehead atoms. The summed E-state index contributed by atoms with van der Waals surface area (Å²) < 4.78 is 0. The van der Waals surface area contributed by atoms with Crippen LogP contribution in [0, 0.1) is 17.8 Å². The zero-order valence-corrected chi connectivity index (χ0v) is 14.3. The molecule has 3 fully saturated rings. The predicted molar refractivity (Wildman–Crippen MR) is 92.3 cm³/mol. The molecule has 25 heavy (non-hydrogen) atoms. The Bertz CT molecular complexity index is 765. The molecule has 1 aromatic heterocycles. The second kappa shape index (κ2) is 5.93. The van der Waals surface area contributed by atoms with Crippen molar-refractivity contribution in [3.63, 3.8) is 0 Å². The molecular weight excluding hydrogens is 314 g/mol. The van der Waals surface area contributed by atoms with E-state index in [0.717, 1.165) is 29.9 Å². The largest absolute Gasteiger partial charge is 0.337 e. The van der Waals surface area contributed by atoms with E-state index in [9.17, 15) is 4.79 Å². The van der Waals surface area contributed by atoms with Crippen LogP contribution in [0.3, 0.4) is 0 Å². The van der Waals surface area contributed by atoms with Gasteiger partial charge in [0.1, 0.15) is 6.54 Å². The first-order chi connectivity index (χ1) is 12.3. The zero-order valence-electron chi connectivity index (χ0n) is 14.3. The first-order valence-corrected chi connectivity index (χ1v) is 9.40. The molecule has 2 aromatic rings. The van der Waals surface area contributed by atoms with E-state index in [1.165, 1.54) is 36.9 Å². The molecule has 5 rings (SSSR count). The van der Waals surface area contributed by atoms with Crippen molar-refractivity contribution in [2.24, 2.45) is 17.8 Å². The fraction of sp³-hybridized carbons (Fsp3) is 0.579. The standard InChI is InChI=1S/C19H23N5O/c25-18(12-24-21-19(20-22-24)15-4-2-1-3-5-15)23-11-16(13-6-7-13)10-17(23)14-8-9-14/h1-5,13-14,16-17H,6-12H2/t16-,17-/m1/s1. The van der Waals surface area contributed by atoms with Crippen molar-refractivity contribution in [1.29, 1.82) is 0 Å². The molecule has 6 heteroatoms. The first-order valence-electron chi connectivity index (χ1n) is 9.40. The molecule has 1 amide bonds. The number of likely N-dealkylation sites (tertiary alicyclic amines) is 1. The van der Waals surface area contributed by atoms with Gasteiger partial charge in [0.05, 0.1) is 0 Å². The number of aromatic nitrogens is 4. The lowest BCUT2D eigenvalue weighted by Crippen LogP contribution is -2.39. The van der Waals surface area contributed by atoms with E-state index in [4.69, 9.17) is 0 Å². The number of nitrogens with zero attached hydrogens (tertiary/aromatic N) is 5. The van der Waals surface area contributed by atoms with Crippen LogP contribution in [0.2, 0.25) is 0 Å². The topological polar surface area (TPSA) is 63.9 Å². The molecule has 0 spiro atoms. The van der Waals surface area contributed by atoms with Crippen molar-refractivity contribution >= 4 is 5.91 Å². The molecule has 2 atom stereocenters. The second-order valence-electron chi connectivity index (χ2n) is 7.79. The SMILES string of the molecule is O=C(Cn1nnc(-c2ccccc2)n1)N1C[C@H](C2CC2)C[C@@H]1C1CC1. The van der Waals surface area contributed by atoms with E-state index in [2.05, 4.69) is 20.3 Å². The van der Waals surface area contributed by atoms with Gasteiger partial charge in [-0.1, -0.05) is 30.3 Å². The summed E-state index contributed by atoms with van der Waals surface area (Å²) in [5.41, 5.74) is 0.923. The lowest BCUT2D eigenvalue weighted by atomic mass is 9.98. The van der Waals surface area contributed by atoms with Gasteiger partial charge in [-0.25, -0.2) is 0 Å². The van der Waals surface area contributed by atoms with Crippen molar-refractivity contribution in [3.8, 4) is 11.4 Å². The average Bonchev–Trinajstić information content (AvgIpc) is 3.57. The lowest BCUT2D eigenvalue weighted by Gasteiger charge is -2.24. The van der Waals surface area contributed by atoms with Gasteiger partial charge >= 0.3 is 0 Å². The minimum absolute atomic E-state index is 0.150. The highest BCUT2D eigenvalue weighted by Gasteiger charge is 2.47. The van der Waals surface area contributed by atoms with Crippen LogP contribution in [-0.2, 0) is 11.3 Å². The quantitative estimate of drug-likeness (QED) is 0.840. The van der Waals surface area contributed by atoms with Gasteiger partial charge in [-0.15, -0.1) is 10.2 Å². The third-order valence-electron chi connectivity index (χ3n) is 5.91. The first kappa shape index (κ1) is 15.0. The molecule has 3 aliphatic rings. The van der Waals surface area contributed by atoms with E-state index in [1.54, 1.807) is 0 Å². The maximum absolute atomic E-state index is 12.9. The molecule has 1 aliphatic heterocycles. The zero-order chi connectivity index (χ0) is 16.8. The predicted octanol–water partition coefficient (Wildman–Crippen LogP) is 2.38. The Kier molecular flexibility index (Phi) is 3.57. The van der Waals surface area contributed by atoms with E-state index >= 15 is 0 Å². The van der Waals surface area contributed by atoms with Crippen LogP contribution in [0.25, 0.3) is 11.4 Å². The highest BCUT2D eigenvalue weighted by molar-refractivity contribution is 5.76. The van der Waals surface area contributed by atoms with Crippen LogP contribution >= 0.6 is 0 Å². The number of carbonyl (C=O) groups excluding carboxylic acids is 1. The molecule has 2 saturated carbocycles. The highest BCUT2D eigenvalue weighted by Crippen LogP contribution is 2.48. The van der Waals surface area contributed by atoms with Crippen LogP contribution in [-0.4, -0.2) is 43.6 Å². The van der Waals surface area contributed by atoms with Gasteiger partial charge in [0.2, 0.25) is 11.7 Å². The summed E-state index contributed by atoms with van der Waals surface area (Å²) in [6.45, 7) is 1.13. The number of rotatable bonds is 5. The average molecular weight is 337 g/mol. The van der Waals surface area contributed by atoms with Gasteiger partial charge in [0.25, 0.3) is 0 Å². The molecule has 2 aliphatic carbocycles. The molecule has 0 unspecified atom stereocenters. The Hall–Kier alpha value is -2.24. The number of tetrazole rings is 1. The molecule has 130 valence electrons. The van der Waals surface area contributed by atoms with Gasteiger partial charge < -0.3 is 4.90 Å². The smallest absolute Gasteiger partial charge is 0.246 e. The minimum atomic E-state index is 0.150. The van der Waals surface area contributed by atoms with Crippen molar-refractivity contribution in [2.45, 2.75) is 44.7 Å². The number of hydrogen-bond acceptors (Lipinski definition) is 4. The summed E-state index contributed by atoms with van der Waals surface area (Å²) in [6, 6.07) is 10.2. The van der Waals surface area contributed by atoms with Gasteiger partial charge in [-0.3, -0.25) is 4.79 Å². The second-order valence-corrected chi connectivity index (χ2v) is 7.79. The summed E-state index contributed by atoms with van der Waals surface area (Å²) in [4.78, 5) is 16.5. The third-order valence-corrected chi connectivity index (χ3v) is 5.91. The van der Waals surface area contributed by atoms with Gasteiger partial charge in [0, 0.05) is 18.2 Å². The van der Waals surface area contributed by atoms with Gasteiger partial charge in [-0.05, 0) is 55.1 Å². The number of benzene rings is 1. The monoisotopic (exact) mass is 337 g/mol. The molecule has 0 radical (unpaired) electrons. The van der Waals surface area contributed by atoms with Crippen molar-refractivity contribution in [1.82, 2.24) is 25.1 Å². The normalized spacial score (nSPS) is 26.2. The molecule has 1 aromatic carbocycles. The fourth-order valence-corrected chi connectivity index (χ4v) is 4.25. The van der Waals surface area contributed by atoms with Crippen LogP contribution in [0.15, 0.2) is 30.3 Å². The molecule has 1 saturated heterocycles. The van der Waals surface area contributed by atoms with Gasteiger partial charge in [-0.2, -0.15) is 4.80 Å². The Morgan fingerprint density at radius 3 is 2.52 bits per heavy atom. The van der Waals surface area contributed by atoms with Crippen LogP contribution in [0.4, 0.5) is 0 Å². The molecular formula is C19H23N5O. The Morgan fingerprint density at radius 1 is 1.04 bits per heavy atom. The summed E-state index contributed by atoms with van der Waals surface area (Å²) in [5.74, 6) is 3.05. The molecule has 2 heterocycles. The van der Waals surface area contributed by atoms with E-state index in [-0.39, 0.29) is 12.5 Å². The highest BCUT2D eigenvalue weighted by atomic mass is 16.2. The number of amides is 1. The van der Waals surface area contributed by atoms with Crippen LogP contribution in [0.1, 0.15) is 32.1 Å². The number of hydrogen-bond donors (Lipinski definition) is 0. The van der Waals surface area contributed by atoms with E-state index in [0.29, 0.717) is 11.9 Å². The van der Waals surface area contributed by atoms with Crippen molar-refractivity contribution < 1.29 is 4.79 Å². The summed E-state index contributed by atoms with van der Waals surface area (Å²) >= 11 is 0. The summed E-state index contributed by atoms with van der Waals surface area (Å²) in [7, 11) is 0. The maximum Gasteiger partial charge on any atom is 0.246 e. The Morgan fingerprint density at radius 2 is 1.80 bits per heavy atom. The Balaban J connectivity index is 1.29. The summed E-state index contributed by atoms with van der Waals surface area (Å²) in [6.07, 6.45) is 6.49. The number of carbonyl (C=O) groups is 1. The Labute approximate surface area is 147 Å². The molecule has 6 nitrogen and oxygen atoms in total. The van der Waals surface area contributed by atoms with E-state index in [1.807, 2.05) is 30.3 Å². The van der Waals surface area contributed by atoms with Crippen molar-refractivity contribution in [2.75, 3.05) is 6.54 Å². The third kappa shape index (κ3) is 3.05. The van der Waals surface area contributed by atoms with Gasteiger partial charge in [0.15, 0.2) is 0 Å². The fourth-order valence-electron chi connectivity index (χ4n) is 4.25. The molecule has 0 N–H and O–H groups in total. The lowest BCUT2D eigenvalue weighted by molar-refractivity contribution is -0.133. The van der Waals surface area contributed by atoms with Crippen LogP contribution in [0.5, 0.6) is 0 Å². The van der Waals surface area contributed by atoms with Crippen molar-refractivity contribution in [3.05, 3.63) is 30.3 Å². The minimum Gasteiger partial charge on any atom is -0.337 e. The van der Waals surface area contributed by atoms with E-state index < -0.39 is 0 Å².